The molecular formula is C9H9ClN4O2S2. The molecule has 2 N–H and O–H groups in total. The maximum Gasteiger partial charge on any atom is 0.264 e. The third kappa shape index (κ3) is 2.95. The molecule has 0 saturated carbocycles. The SMILES string of the molecule is CSc1n[nH]c(NS(=O)(=O)c2ccc(Cl)cc2)n1. The van der Waals surface area contributed by atoms with Crippen molar-refractivity contribution in [3.05, 3.63) is 29.3 Å². The van der Waals surface area contributed by atoms with Gasteiger partial charge in [0, 0.05) is 5.02 Å². The lowest BCUT2D eigenvalue weighted by Crippen LogP contribution is -2.13. The molecule has 0 fully saturated rings. The number of thioether (sulfide) groups is 1. The van der Waals surface area contributed by atoms with E-state index in [9.17, 15) is 8.42 Å². The summed E-state index contributed by atoms with van der Waals surface area (Å²) in [7, 11) is -3.68. The summed E-state index contributed by atoms with van der Waals surface area (Å²) in [5, 5.41) is 7.23. The van der Waals surface area contributed by atoms with Crippen LogP contribution in [-0.2, 0) is 10.0 Å². The second-order valence-corrected chi connectivity index (χ2v) is 6.12. The Balaban J connectivity index is 2.24. The summed E-state index contributed by atoms with van der Waals surface area (Å²) >= 11 is 7.01. The molecule has 0 saturated heterocycles. The number of anilines is 1. The fraction of sp³-hybridized carbons (Fsp3) is 0.111. The summed E-state index contributed by atoms with van der Waals surface area (Å²) in [6, 6.07) is 5.83. The Morgan fingerprint density at radius 1 is 1.33 bits per heavy atom. The molecule has 0 aliphatic carbocycles. The number of aromatic nitrogens is 3. The molecule has 2 rings (SSSR count). The lowest BCUT2D eigenvalue weighted by molar-refractivity contribution is 0.601. The van der Waals surface area contributed by atoms with Crippen LogP contribution in [0.25, 0.3) is 0 Å². The van der Waals surface area contributed by atoms with Gasteiger partial charge in [0.2, 0.25) is 11.1 Å². The molecule has 0 atom stereocenters. The molecule has 96 valence electrons. The summed E-state index contributed by atoms with van der Waals surface area (Å²) in [6.45, 7) is 0. The van der Waals surface area contributed by atoms with Gasteiger partial charge in [0.1, 0.15) is 0 Å². The number of rotatable bonds is 4. The lowest BCUT2D eigenvalue weighted by atomic mass is 10.4. The first-order chi connectivity index (χ1) is 8.51. The summed E-state index contributed by atoms with van der Waals surface area (Å²) in [6.07, 6.45) is 1.79. The number of halogens is 1. The largest absolute Gasteiger partial charge is 0.264 e. The van der Waals surface area contributed by atoms with Crippen molar-refractivity contribution in [1.82, 2.24) is 15.2 Å². The van der Waals surface area contributed by atoms with Crippen molar-refractivity contribution < 1.29 is 8.42 Å². The number of hydrogen-bond donors (Lipinski definition) is 2. The van der Waals surface area contributed by atoms with Gasteiger partial charge >= 0.3 is 0 Å². The van der Waals surface area contributed by atoms with Gasteiger partial charge in [0.25, 0.3) is 10.0 Å². The molecule has 6 nitrogen and oxygen atoms in total. The van der Waals surface area contributed by atoms with Gasteiger partial charge < -0.3 is 0 Å². The molecular weight excluding hydrogens is 296 g/mol. The number of H-pyrrole nitrogens is 1. The van der Waals surface area contributed by atoms with E-state index in [-0.39, 0.29) is 10.8 Å². The first-order valence-corrected chi connectivity index (χ1v) is 7.84. The van der Waals surface area contributed by atoms with Crippen molar-refractivity contribution in [2.24, 2.45) is 0 Å². The van der Waals surface area contributed by atoms with Crippen molar-refractivity contribution in [3.63, 3.8) is 0 Å². The summed E-state index contributed by atoms with van der Waals surface area (Å²) < 4.78 is 26.2. The average Bonchev–Trinajstić information content (AvgIpc) is 2.76. The smallest absolute Gasteiger partial charge is 0.248 e. The van der Waals surface area contributed by atoms with Crippen LogP contribution in [0.4, 0.5) is 5.95 Å². The van der Waals surface area contributed by atoms with E-state index < -0.39 is 10.0 Å². The van der Waals surface area contributed by atoms with Crippen molar-refractivity contribution in [2.75, 3.05) is 11.0 Å². The first kappa shape index (κ1) is 13.2. The van der Waals surface area contributed by atoms with E-state index in [4.69, 9.17) is 11.6 Å². The van der Waals surface area contributed by atoms with Crippen LogP contribution in [0.3, 0.4) is 0 Å². The van der Waals surface area contributed by atoms with Crippen LogP contribution in [0.5, 0.6) is 0 Å². The molecule has 18 heavy (non-hydrogen) atoms. The van der Waals surface area contributed by atoms with Crippen LogP contribution >= 0.6 is 23.4 Å². The van der Waals surface area contributed by atoms with Crippen LogP contribution in [0, 0.1) is 0 Å². The highest BCUT2D eigenvalue weighted by Crippen LogP contribution is 2.17. The second-order valence-electron chi connectivity index (χ2n) is 3.23. The standard InChI is InChI=1S/C9H9ClN4O2S2/c1-17-9-11-8(12-13-9)14-18(15,16)7-4-2-6(10)3-5-7/h2-5H,1H3,(H2,11,12,13,14). The zero-order valence-electron chi connectivity index (χ0n) is 9.21. The Kier molecular flexibility index (Phi) is 3.79. The fourth-order valence-corrected chi connectivity index (χ4v) is 2.59. The zero-order chi connectivity index (χ0) is 13.2. The molecule has 1 heterocycles. The predicted octanol–water partition coefficient (Wildman–Crippen LogP) is 1.98. The van der Waals surface area contributed by atoms with Gasteiger partial charge in [-0.2, -0.15) is 4.98 Å². The van der Waals surface area contributed by atoms with Gasteiger partial charge in [-0.3, -0.25) is 0 Å². The fourth-order valence-electron chi connectivity index (χ4n) is 1.18. The van der Waals surface area contributed by atoms with E-state index in [2.05, 4.69) is 19.9 Å². The zero-order valence-corrected chi connectivity index (χ0v) is 11.6. The molecule has 0 radical (unpaired) electrons. The van der Waals surface area contributed by atoms with Crippen LogP contribution in [0.15, 0.2) is 34.3 Å². The third-order valence-electron chi connectivity index (χ3n) is 2.00. The molecule has 9 heteroatoms. The van der Waals surface area contributed by atoms with Crippen LogP contribution in [0.2, 0.25) is 5.02 Å². The van der Waals surface area contributed by atoms with Crippen molar-refractivity contribution in [2.45, 2.75) is 10.1 Å². The minimum absolute atomic E-state index is 0.0781. The number of nitrogens with one attached hydrogen (secondary N) is 2. The number of benzene rings is 1. The van der Waals surface area contributed by atoms with Gasteiger partial charge in [-0.25, -0.2) is 18.2 Å². The van der Waals surface area contributed by atoms with Crippen molar-refractivity contribution in [3.8, 4) is 0 Å². The number of aromatic amines is 1. The first-order valence-electron chi connectivity index (χ1n) is 4.76. The van der Waals surface area contributed by atoms with E-state index in [0.717, 1.165) is 0 Å². The summed E-state index contributed by atoms with van der Waals surface area (Å²) in [4.78, 5) is 4.04. The molecule has 2 aromatic rings. The molecule has 0 aliphatic heterocycles. The number of hydrogen-bond acceptors (Lipinski definition) is 5. The molecule has 0 spiro atoms. The second kappa shape index (κ2) is 5.17. The number of nitrogens with zero attached hydrogens (tertiary/aromatic N) is 2. The van der Waals surface area contributed by atoms with Gasteiger partial charge in [0.05, 0.1) is 4.90 Å². The Labute approximate surface area is 113 Å². The Hall–Kier alpha value is -1.25. The highest BCUT2D eigenvalue weighted by Gasteiger charge is 2.16. The molecule has 0 unspecified atom stereocenters. The molecule has 0 aliphatic rings. The van der Waals surface area contributed by atoms with Crippen LogP contribution < -0.4 is 4.72 Å². The monoisotopic (exact) mass is 304 g/mol. The van der Waals surface area contributed by atoms with E-state index in [0.29, 0.717) is 10.2 Å². The topological polar surface area (TPSA) is 87.7 Å². The van der Waals surface area contributed by atoms with E-state index in [1.54, 1.807) is 6.26 Å². The van der Waals surface area contributed by atoms with Crippen LogP contribution in [-0.4, -0.2) is 29.9 Å². The molecule has 1 aromatic carbocycles. The molecule has 0 amide bonds. The highest BCUT2D eigenvalue weighted by molar-refractivity contribution is 7.98. The van der Waals surface area contributed by atoms with Gasteiger partial charge in [-0.15, -0.1) is 5.10 Å². The quantitative estimate of drug-likeness (QED) is 0.843. The highest BCUT2D eigenvalue weighted by atomic mass is 35.5. The minimum atomic E-state index is -3.68. The molecule has 1 aromatic heterocycles. The minimum Gasteiger partial charge on any atom is -0.248 e. The number of sulfonamides is 1. The lowest BCUT2D eigenvalue weighted by Gasteiger charge is -2.04. The normalized spacial score (nSPS) is 11.4. The van der Waals surface area contributed by atoms with Gasteiger partial charge in [-0.05, 0) is 30.5 Å². The Morgan fingerprint density at radius 2 is 2.00 bits per heavy atom. The van der Waals surface area contributed by atoms with Crippen molar-refractivity contribution >= 4 is 39.3 Å². The van der Waals surface area contributed by atoms with Gasteiger partial charge in [0.15, 0.2) is 0 Å². The van der Waals surface area contributed by atoms with Crippen LogP contribution in [0.1, 0.15) is 0 Å². The maximum absolute atomic E-state index is 12.0. The predicted molar refractivity (Wildman–Crippen MR) is 70.4 cm³/mol. The molecule has 0 bridgehead atoms. The summed E-state index contributed by atoms with van der Waals surface area (Å²) in [5.74, 6) is 0.0781. The Morgan fingerprint density at radius 3 is 2.56 bits per heavy atom. The summed E-state index contributed by atoms with van der Waals surface area (Å²) in [5.41, 5.74) is 0. The third-order valence-corrected chi connectivity index (χ3v) is 4.16. The van der Waals surface area contributed by atoms with Crippen molar-refractivity contribution in [1.29, 1.82) is 0 Å². The van der Waals surface area contributed by atoms with Gasteiger partial charge in [-0.1, -0.05) is 23.4 Å². The van der Waals surface area contributed by atoms with E-state index >= 15 is 0 Å². The maximum atomic E-state index is 12.0. The van der Waals surface area contributed by atoms with E-state index in [1.807, 2.05) is 0 Å². The average molecular weight is 305 g/mol. The Bertz CT molecular complexity index is 639. The van der Waals surface area contributed by atoms with E-state index in [1.165, 1.54) is 36.0 Å².